The molecule has 0 fully saturated rings. The van der Waals surface area contributed by atoms with Crippen molar-refractivity contribution < 1.29 is 9.59 Å². The van der Waals surface area contributed by atoms with Crippen molar-refractivity contribution >= 4 is 11.8 Å². The molecular weight excluding hydrogens is 300 g/mol. The topological polar surface area (TPSA) is 49.4 Å². The summed E-state index contributed by atoms with van der Waals surface area (Å²) in [4.78, 5) is 25.4. The Bertz CT molecular complexity index is 641. The van der Waals surface area contributed by atoms with Gasteiger partial charge in [0.15, 0.2) is 0 Å². The van der Waals surface area contributed by atoms with Gasteiger partial charge in [-0.05, 0) is 17.5 Å². The molecule has 0 aliphatic carbocycles. The lowest BCUT2D eigenvalue weighted by molar-refractivity contribution is -0.131. The molecule has 0 saturated heterocycles. The first kappa shape index (κ1) is 17.7. The van der Waals surface area contributed by atoms with Gasteiger partial charge in [-0.15, -0.1) is 0 Å². The number of hydrogen-bond acceptors (Lipinski definition) is 2. The van der Waals surface area contributed by atoms with E-state index in [1.165, 1.54) is 12.5 Å². The third-order valence-electron chi connectivity index (χ3n) is 3.79. The highest BCUT2D eigenvalue weighted by atomic mass is 16.2. The Morgan fingerprint density at radius 1 is 0.917 bits per heavy atom. The van der Waals surface area contributed by atoms with Crippen molar-refractivity contribution in [3.05, 3.63) is 71.8 Å². The predicted molar refractivity (Wildman–Crippen MR) is 95.3 cm³/mol. The number of rotatable bonds is 8. The monoisotopic (exact) mass is 324 g/mol. The number of nitrogens with zero attached hydrogens (tertiary/aromatic N) is 1. The second-order valence-corrected chi connectivity index (χ2v) is 5.77. The molecular formula is C20H24N2O2. The van der Waals surface area contributed by atoms with Crippen LogP contribution in [0.4, 0.5) is 0 Å². The fourth-order valence-electron chi connectivity index (χ4n) is 2.51. The van der Waals surface area contributed by atoms with Crippen molar-refractivity contribution in [3.63, 3.8) is 0 Å². The lowest BCUT2D eigenvalue weighted by Gasteiger charge is -2.23. The highest BCUT2D eigenvalue weighted by Gasteiger charge is 2.14. The van der Waals surface area contributed by atoms with Gasteiger partial charge in [-0.2, -0.15) is 0 Å². The Morgan fingerprint density at radius 2 is 1.50 bits per heavy atom. The summed E-state index contributed by atoms with van der Waals surface area (Å²) >= 11 is 0. The van der Waals surface area contributed by atoms with E-state index in [1.54, 1.807) is 0 Å². The van der Waals surface area contributed by atoms with Crippen LogP contribution < -0.4 is 5.32 Å². The Hall–Kier alpha value is -2.62. The maximum Gasteiger partial charge on any atom is 0.224 e. The molecule has 2 rings (SSSR count). The molecule has 0 aliphatic rings. The molecule has 126 valence electrons. The molecule has 0 saturated carbocycles. The number of hydrogen-bond donors (Lipinski definition) is 1. The zero-order valence-corrected chi connectivity index (χ0v) is 14.1. The van der Waals surface area contributed by atoms with Gasteiger partial charge >= 0.3 is 0 Å². The standard InChI is InChI=1S/C20H24N2O2/c1-17(23)21-14-12-20(24)22(16-19-10-6-3-7-11-19)15-13-18-8-4-2-5-9-18/h2-11H,12-16H2,1H3,(H,21,23). The van der Waals surface area contributed by atoms with Crippen molar-refractivity contribution in [1.82, 2.24) is 10.2 Å². The van der Waals surface area contributed by atoms with Gasteiger partial charge in [-0.25, -0.2) is 0 Å². The third-order valence-corrected chi connectivity index (χ3v) is 3.79. The van der Waals surface area contributed by atoms with E-state index in [0.29, 0.717) is 26.1 Å². The Balaban J connectivity index is 1.97. The molecule has 0 unspecified atom stereocenters. The van der Waals surface area contributed by atoms with E-state index >= 15 is 0 Å². The van der Waals surface area contributed by atoms with E-state index in [-0.39, 0.29) is 11.8 Å². The summed E-state index contributed by atoms with van der Waals surface area (Å²) in [5.41, 5.74) is 2.32. The minimum Gasteiger partial charge on any atom is -0.356 e. The molecule has 0 aromatic heterocycles. The molecule has 0 aliphatic heterocycles. The molecule has 24 heavy (non-hydrogen) atoms. The number of carbonyl (C=O) groups is 2. The Morgan fingerprint density at radius 3 is 2.08 bits per heavy atom. The normalized spacial score (nSPS) is 10.2. The van der Waals surface area contributed by atoms with Gasteiger partial charge < -0.3 is 10.2 Å². The van der Waals surface area contributed by atoms with E-state index in [2.05, 4.69) is 17.4 Å². The highest BCUT2D eigenvalue weighted by Crippen LogP contribution is 2.08. The predicted octanol–water partition coefficient (Wildman–Crippen LogP) is 2.78. The number of carbonyl (C=O) groups excluding carboxylic acids is 2. The molecule has 1 N–H and O–H groups in total. The zero-order valence-electron chi connectivity index (χ0n) is 14.1. The first-order valence-electron chi connectivity index (χ1n) is 8.25. The number of amides is 2. The van der Waals surface area contributed by atoms with Crippen molar-refractivity contribution in [1.29, 1.82) is 0 Å². The average molecular weight is 324 g/mol. The summed E-state index contributed by atoms with van der Waals surface area (Å²) in [7, 11) is 0. The van der Waals surface area contributed by atoms with Crippen LogP contribution in [0.5, 0.6) is 0 Å². The lowest BCUT2D eigenvalue weighted by Crippen LogP contribution is -2.35. The summed E-state index contributed by atoms with van der Waals surface area (Å²) in [6, 6.07) is 20.1. The van der Waals surface area contributed by atoms with Crippen molar-refractivity contribution in [2.45, 2.75) is 26.3 Å². The zero-order chi connectivity index (χ0) is 17.2. The molecule has 0 atom stereocenters. The molecule has 2 amide bonds. The van der Waals surface area contributed by atoms with E-state index in [9.17, 15) is 9.59 Å². The minimum atomic E-state index is -0.110. The Kier molecular flexibility index (Phi) is 7.02. The van der Waals surface area contributed by atoms with Crippen LogP contribution in [0, 0.1) is 0 Å². The molecule has 2 aromatic rings. The summed E-state index contributed by atoms with van der Waals surface area (Å²) in [5, 5.41) is 2.68. The second-order valence-electron chi connectivity index (χ2n) is 5.77. The summed E-state index contributed by atoms with van der Waals surface area (Å²) in [5.74, 6) is -0.0507. The Labute approximate surface area is 143 Å². The summed E-state index contributed by atoms with van der Waals surface area (Å²) in [6.45, 7) is 3.09. The molecule has 0 spiro atoms. The summed E-state index contributed by atoms with van der Waals surface area (Å²) < 4.78 is 0. The van der Waals surface area contributed by atoms with Gasteiger partial charge in [-0.3, -0.25) is 9.59 Å². The van der Waals surface area contributed by atoms with E-state index in [4.69, 9.17) is 0 Å². The van der Waals surface area contributed by atoms with Crippen LogP contribution in [0.2, 0.25) is 0 Å². The van der Waals surface area contributed by atoms with Crippen LogP contribution in [0.25, 0.3) is 0 Å². The fraction of sp³-hybridized carbons (Fsp3) is 0.300. The molecule has 4 heteroatoms. The maximum absolute atomic E-state index is 12.5. The van der Waals surface area contributed by atoms with Crippen LogP contribution in [0.3, 0.4) is 0 Å². The quantitative estimate of drug-likeness (QED) is 0.812. The van der Waals surface area contributed by atoms with Gasteiger partial charge in [0.25, 0.3) is 0 Å². The van der Waals surface area contributed by atoms with E-state index in [1.807, 2.05) is 53.4 Å². The smallest absolute Gasteiger partial charge is 0.224 e. The number of nitrogens with one attached hydrogen (secondary N) is 1. The highest BCUT2D eigenvalue weighted by molar-refractivity contribution is 5.78. The van der Waals surface area contributed by atoms with Crippen molar-refractivity contribution in [3.8, 4) is 0 Å². The second kappa shape index (κ2) is 9.50. The van der Waals surface area contributed by atoms with Gasteiger partial charge in [-0.1, -0.05) is 60.7 Å². The fourth-order valence-corrected chi connectivity index (χ4v) is 2.51. The third kappa shape index (κ3) is 6.24. The first-order valence-corrected chi connectivity index (χ1v) is 8.25. The SMILES string of the molecule is CC(=O)NCCC(=O)N(CCc1ccccc1)Cc1ccccc1. The van der Waals surface area contributed by atoms with Crippen LogP contribution in [-0.4, -0.2) is 29.8 Å². The lowest BCUT2D eigenvalue weighted by atomic mass is 10.1. The van der Waals surface area contributed by atoms with Crippen molar-refractivity contribution in [2.75, 3.05) is 13.1 Å². The molecule has 4 nitrogen and oxygen atoms in total. The van der Waals surface area contributed by atoms with E-state index < -0.39 is 0 Å². The largest absolute Gasteiger partial charge is 0.356 e. The van der Waals surface area contributed by atoms with E-state index in [0.717, 1.165) is 12.0 Å². The molecule has 0 bridgehead atoms. The minimum absolute atomic E-state index is 0.0588. The molecule has 0 heterocycles. The average Bonchev–Trinajstić information content (AvgIpc) is 2.60. The van der Waals surface area contributed by atoms with Crippen LogP contribution in [-0.2, 0) is 22.6 Å². The van der Waals surface area contributed by atoms with Crippen LogP contribution in [0.1, 0.15) is 24.5 Å². The summed E-state index contributed by atoms with van der Waals surface area (Å²) in [6.07, 6.45) is 1.14. The maximum atomic E-state index is 12.5. The first-order chi connectivity index (χ1) is 11.6. The molecule has 0 radical (unpaired) electrons. The van der Waals surface area contributed by atoms with Gasteiger partial charge in [0.2, 0.25) is 11.8 Å². The van der Waals surface area contributed by atoms with Gasteiger partial charge in [0, 0.05) is 33.0 Å². The number of benzene rings is 2. The molecule has 2 aromatic carbocycles. The van der Waals surface area contributed by atoms with Crippen molar-refractivity contribution in [2.24, 2.45) is 0 Å². The van der Waals surface area contributed by atoms with Gasteiger partial charge in [0.1, 0.15) is 0 Å². The van der Waals surface area contributed by atoms with Crippen LogP contribution >= 0.6 is 0 Å². The van der Waals surface area contributed by atoms with Gasteiger partial charge in [0.05, 0.1) is 0 Å². The van der Waals surface area contributed by atoms with Crippen LogP contribution in [0.15, 0.2) is 60.7 Å².